The normalized spacial score (nSPS) is 12.7. The van der Waals surface area contributed by atoms with Crippen molar-refractivity contribution in [3.63, 3.8) is 0 Å². The molecule has 4 nitrogen and oxygen atoms in total. The fourth-order valence-electron chi connectivity index (χ4n) is 2.40. The second kappa shape index (κ2) is 7.57. The second-order valence-electron chi connectivity index (χ2n) is 5.49. The molecule has 0 aliphatic rings. The molecule has 0 spiro atoms. The number of quaternary nitrogens is 1. The van der Waals surface area contributed by atoms with Crippen LogP contribution < -0.4 is 10.9 Å². The topological polar surface area (TPSA) is 62.4 Å². The summed E-state index contributed by atoms with van der Waals surface area (Å²) in [6.45, 7) is 5.33. The van der Waals surface area contributed by atoms with E-state index in [1.54, 1.807) is 18.2 Å². The maximum absolute atomic E-state index is 12.1. The predicted molar refractivity (Wildman–Crippen MR) is 86.7 cm³/mol. The highest BCUT2D eigenvalue weighted by Crippen LogP contribution is 2.15. The first kappa shape index (κ1) is 16.0. The first-order valence-electron chi connectivity index (χ1n) is 7.64. The average Bonchev–Trinajstić information content (AvgIpc) is 2.46. The van der Waals surface area contributed by atoms with Crippen molar-refractivity contribution < 1.29 is 5.32 Å². The van der Waals surface area contributed by atoms with Gasteiger partial charge < -0.3 is 10.3 Å². The molecule has 0 aliphatic heterocycles. The van der Waals surface area contributed by atoms with Gasteiger partial charge in [-0.1, -0.05) is 31.4 Å². The number of halogens is 1. The minimum Gasteiger partial charge on any atom is -0.338 e. The van der Waals surface area contributed by atoms with Crippen molar-refractivity contribution in [3.8, 4) is 0 Å². The summed E-state index contributed by atoms with van der Waals surface area (Å²) >= 11 is 5.97. The molecule has 0 bridgehead atoms. The van der Waals surface area contributed by atoms with Gasteiger partial charge in [0.05, 0.1) is 17.4 Å². The number of unbranched alkanes of at least 4 members (excludes halogenated alkanes) is 3. The Labute approximate surface area is 129 Å². The number of nitrogens with one attached hydrogen (secondary N) is 1. The van der Waals surface area contributed by atoms with Crippen molar-refractivity contribution in [3.05, 3.63) is 39.4 Å². The summed E-state index contributed by atoms with van der Waals surface area (Å²) in [6, 6.07) is 5.31. The molecule has 0 aliphatic carbocycles. The summed E-state index contributed by atoms with van der Waals surface area (Å²) in [7, 11) is 0. The van der Waals surface area contributed by atoms with Crippen molar-refractivity contribution in [2.24, 2.45) is 0 Å². The van der Waals surface area contributed by atoms with E-state index in [2.05, 4.69) is 29.1 Å². The lowest BCUT2D eigenvalue weighted by Crippen LogP contribution is -2.85. The van der Waals surface area contributed by atoms with Crippen molar-refractivity contribution in [2.75, 3.05) is 6.54 Å². The van der Waals surface area contributed by atoms with Crippen LogP contribution in [0.4, 0.5) is 0 Å². The Balaban J connectivity index is 2.09. The molecular weight excluding hydrogens is 286 g/mol. The highest BCUT2D eigenvalue weighted by molar-refractivity contribution is 6.31. The van der Waals surface area contributed by atoms with Gasteiger partial charge in [0.15, 0.2) is 5.82 Å². The number of aromatic amines is 1. The van der Waals surface area contributed by atoms with Crippen LogP contribution in [0.25, 0.3) is 10.9 Å². The van der Waals surface area contributed by atoms with E-state index < -0.39 is 0 Å². The van der Waals surface area contributed by atoms with E-state index in [0.29, 0.717) is 21.7 Å². The molecule has 0 fully saturated rings. The number of nitrogens with two attached hydrogens (primary N) is 1. The summed E-state index contributed by atoms with van der Waals surface area (Å²) in [5, 5.41) is 3.41. The molecule has 5 heteroatoms. The van der Waals surface area contributed by atoms with E-state index in [9.17, 15) is 4.79 Å². The average molecular weight is 309 g/mol. The maximum atomic E-state index is 12.1. The number of H-pyrrole nitrogens is 1. The van der Waals surface area contributed by atoms with Crippen LogP contribution in [-0.2, 0) is 0 Å². The maximum Gasteiger partial charge on any atom is 0.258 e. The predicted octanol–water partition coefficient (Wildman–Crippen LogP) is 2.78. The van der Waals surface area contributed by atoms with E-state index >= 15 is 0 Å². The molecule has 3 N–H and O–H groups in total. The zero-order chi connectivity index (χ0) is 15.2. The number of nitrogens with zero attached hydrogens (tertiary/aromatic N) is 1. The monoisotopic (exact) mass is 308 g/mol. The Morgan fingerprint density at radius 2 is 2.14 bits per heavy atom. The molecule has 2 rings (SSSR count). The van der Waals surface area contributed by atoms with Crippen LogP contribution in [0.5, 0.6) is 0 Å². The summed E-state index contributed by atoms with van der Waals surface area (Å²) in [4.78, 5) is 19.5. The Kier molecular flexibility index (Phi) is 5.76. The lowest BCUT2D eigenvalue weighted by molar-refractivity contribution is -0.694. The highest BCUT2D eigenvalue weighted by Gasteiger charge is 2.13. The first-order valence-corrected chi connectivity index (χ1v) is 8.02. The van der Waals surface area contributed by atoms with Gasteiger partial charge in [-0.15, -0.1) is 0 Å². The minimum absolute atomic E-state index is 0.0992. The van der Waals surface area contributed by atoms with E-state index in [-0.39, 0.29) is 11.6 Å². The molecule has 0 radical (unpaired) electrons. The molecular formula is C16H23ClN3O+. The molecule has 1 aromatic heterocycles. The van der Waals surface area contributed by atoms with E-state index in [0.717, 1.165) is 6.54 Å². The summed E-state index contributed by atoms with van der Waals surface area (Å²) in [5.74, 6) is 0.713. The first-order chi connectivity index (χ1) is 10.1. The molecule has 1 aromatic carbocycles. The number of hydrogen-bond donors (Lipinski definition) is 2. The van der Waals surface area contributed by atoms with Crippen LogP contribution in [0, 0.1) is 0 Å². The Bertz CT molecular complexity index is 654. The van der Waals surface area contributed by atoms with Gasteiger partial charge >= 0.3 is 0 Å². The lowest BCUT2D eigenvalue weighted by Gasteiger charge is -2.10. The van der Waals surface area contributed by atoms with Crippen LogP contribution in [0.3, 0.4) is 0 Å². The van der Waals surface area contributed by atoms with Crippen molar-refractivity contribution in [1.29, 1.82) is 0 Å². The quantitative estimate of drug-likeness (QED) is 0.773. The SMILES string of the molecule is CCCCCC[NH2+][C@@H](C)c1nc2cc(Cl)ccc2c(=O)[nH]1. The molecule has 0 amide bonds. The Morgan fingerprint density at radius 1 is 1.33 bits per heavy atom. The van der Waals surface area contributed by atoms with E-state index in [1.807, 2.05) is 0 Å². The van der Waals surface area contributed by atoms with Gasteiger partial charge in [0, 0.05) is 5.02 Å². The standard InChI is InChI=1S/C16H22ClN3O/c1-3-4-5-6-9-18-11(2)15-19-14-10-12(17)7-8-13(14)16(21)20-15/h7-8,10-11,18H,3-6,9H2,1-2H3,(H,19,20,21)/p+1/t11-/m0/s1. The smallest absolute Gasteiger partial charge is 0.258 e. The zero-order valence-corrected chi connectivity index (χ0v) is 13.4. The Hall–Kier alpha value is -1.39. The van der Waals surface area contributed by atoms with Crippen LogP contribution >= 0.6 is 11.6 Å². The van der Waals surface area contributed by atoms with Crippen molar-refractivity contribution >= 4 is 22.5 Å². The zero-order valence-electron chi connectivity index (χ0n) is 12.7. The fraction of sp³-hybridized carbons (Fsp3) is 0.500. The highest BCUT2D eigenvalue weighted by atomic mass is 35.5. The van der Waals surface area contributed by atoms with Crippen LogP contribution in [0.15, 0.2) is 23.0 Å². The van der Waals surface area contributed by atoms with Crippen LogP contribution in [0.1, 0.15) is 51.4 Å². The summed E-state index contributed by atoms with van der Waals surface area (Å²) in [5.41, 5.74) is 0.561. The molecule has 0 unspecified atom stereocenters. The third-order valence-corrected chi connectivity index (χ3v) is 3.93. The molecule has 114 valence electrons. The van der Waals surface area contributed by atoms with Gasteiger partial charge in [-0.3, -0.25) is 4.79 Å². The molecule has 1 atom stereocenters. The van der Waals surface area contributed by atoms with Crippen LogP contribution in [0.2, 0.25) is 5.02 Å². The van der Waals surface area contributed by atoms with E-state index in [4.69, 9.17) is 11.6 Å². The third-order valence-electron chi connectivity index (χ3n) is 3.70. The Morgan fingerprint density at radius 3 is 2.90 bits per heavy atom. The van der Waals surface area contributed by atoms with Gasteiger partial charge in [-0.25, -0.2) is 4.98 Å². The number of fused-ring (bicyclic) bond motifs is 1. The molecule has 0 saturated heterocycles. The number of hydrogen-bond acceptors (Lipinski definition) is 2. The van der Waals surface area contributed by atoms with E-state index in [1.165, 1.54) is 25.7 Å². The second-order valence-corrected chi connectivity index (χ2v) is 5.92. The van der Waals surface area contributed by atoms with Gasteiger partial charge in [0.1, 0.15) is 6.04 Å². The third kappa shape index (κ3) is 4.29. The molecule has 0 saturated carbocycles. The van der Waals surface area contributed by atoms with Crippen molar-refractivity contribution in [2.45, 2.75) is 45.6 Å². The lowest BCUT2D eigenvalue weighted by atomic mass is 10.2. The molecule has 2 aromatic rings. The fourth-order valence-corrected chi connectivity index (χ4v) is 2.56. The summed E-state index contributed by atoms with van der Waals surface area (Å²) in [6.07, 6.45) is 4.99. The number of aromatic nitrogens is 2. The largest absolute Gasteiger partial charge is 0.338 e. The van der Waals surface area contributed by atoms with Gasteiger partial charge in [0.2, 0.25) is 0 Å². The molecule has 1 heterocycles. The summed E-state index contributed by atoms with van der Waals surface area (Å²) < 4.78 is 0. The number of benzene rings is 1. The number of rotatable bonds is 7. The minimum atomic E-state index is -0.0992. The van der Waals surface area contributed by atoms with Crippen LogP contribution in [-0.4, -0.2) is 16.5 Å². The van der Waals surface area contributed by atoms with Gasteiger partial charge in [0.25, 0.3) is 5.56 Å². The van der Waals surface area contributed by atoms with Gasteiger partial charge in [-0.2, -0.15) is 0 Å². The molecule has 21 heavy (non-hydrogen) atoms. The van der Waals surface area contributed by atoms with Gasteiger partial charge in [-0.05, 0) is 38.0 Å². The van der Waals surface area contributed by atoms with Crippen molar-refractivity contribution in [1.82, 2.24) is 9.97 Å².